The van der Waals surface area contributed by atoms with Crippen LogP contribution in [0.2, 0.25) is 0 Å². The van der Waals surface area contributed by atoms with E-state index in [1.165, 1.54) is 12.1 Å². The van der Waals surface area contributed by atoms with Gasteiger partial charge in [-0.25, -0.2) is 4.39 Å². The van der Waals surface area contributed by atoms with Crippen LogP contribution in [-0.2, 0) is 16.6 Å². The molecule has 1 unspecified atom stereocenters. The quantitative estimate of drug-likeness (QED) is 0.843. The molecule has 2 rings (SSSR count). The molecule has 0 fully saturated rings. The van der Waals surface area contributed by atoms with Crippen LogP contribution >= 0.6 is 0 Å². The summed E-state index contributed by atoms with van der Waals surface area (Å²) in [5, 5.41) is 0. The zero-order valence-corrected chi connectivity index (χ0v) is 11.3. The number of nitrogens with two attached hydrogens (primary N) is 2. The lowest BCUT2D eigenvalue weighted by Gasteiger charge is -2.07. The Morgan fingerprint density at radius 1 is 1.20 bits per heavy atom. The zero-order chi connectivity index (χ0) is 14.7. The highest BCUT2D eigenvalue weighted by atomic mass is 32.2. The van der Waals surface area contributed by atoms with E-state index >= 15 is 0 Å². The SMILES string of the molecule is NC(=O)c1ccc(CS(=O)c2ccccc2N)c(F)c1. The van der Waals surface area contributed by atoms with E-state index in [9.17, 15) is 13.4 Å². The molecule has 1 atom stereocenters. The number of hydrogen-bond donors (Lipinski definition) is 2. The number of rotatable bonds is 4. The fourth-order valence-electron chi connectivity index (χ4n) is 1.72. The average Bonchev–Trinajstić information content (AvgIpc) is 2.41. The lowest BCUT2D eigenvalue weighted by molar-refractivity contribution is 0.1000. The molecule has 1 amide bonds. The van der Waals surface area contributed by atoms with Crippen molar-refractivity contribution in [2.24, 2.45) is 5.73 Å². The molecular formula is C14H13FN2O2S. The summed E-state index contributed by atoms with van der Waals surface area (Å²) >= 11 is 0. The summed E-state index contributed by atoms with van der Waals surface area (Å²) < 4.78 is 26.0. The molecule has 0 radical (unpaired) electrons. The normalized spacial score (nSPS) is 12.1. The fraction of sp³-hybridized carbons (Fsp3) is 0.0714. The van der Waals surface area contributed by atoms with E-state index in [2.05, 4.69) is 0 Å². The molecule has 0 saturated heterocycles. The maximum atomic E-state index is 13.8. The van der Waals surface area contributed by atoms with Crippen molar-refractivity contribution in [2.45, 2.75) is 10.6 Å². The number of anilines is 1. The number of amides is 1. The van der Waals surface area contributed by atoms with Crippen LogP contribution in [0.1, 0.15) is 15.9 Å². The third-order valence-electron chi connectivity index (χ3n) is 2.79. The van der Waals surface area contributed by atoms with Crippen molar-refractivity contribution in [3.8, 4) is 0 Å². The van der Waals surface area contributed by atoms with Crippen LogP contribution in [0.5, 0.6) is 0 Å². The first-order valence-electron chi connectivity index (χ1n) is 5.80. The minimum absolute atomic E-state index is 0.0148. The van der Waals surface area contributed by atoms with Crippen molar-refractivity contribution in [2.75, 3.05) is 5.73 Å². The van der Waals surface area contributed by atoms with Gasteiger partial charge in [0.25, 0.3) is 0 Å². The Balaban J connectivity index is 2.25. The Labute approximate surface area is 118 Å². The number of benzene rings is 2. The lowest BCUT2D eigenvalue weighted by atomic mass is 10.1. The zero-order valence-electron chi connectivity index (χ0n) is 10.5. The molecule has 2 aromatic rings. The Morgan fingerprint density at radius 3 is 2.50 bits per heavy atom. The molecule has 4 nitrogen and oxygen atoms in total. The predicted octanol–water partition coefficient (Wildman–Crippen LogP) is 1.81. The van der Waals surface area contributed by atoms with Crippen molar-refractivity contribution in [1.82, 2.24) is 0 Å². The molecule has 0 aromatic heterocycles. The molecule has 0 aliphatic heterocycles. The molecule has 0 saturated carbocycles. The molecule has 0 aliphatic rings. The number of nitrogen functional groups attached to an aromatic ring is 1. The molecular weight excluding hydrogens is 279 g/mol. The van der Waals surface area contributed by atoms with Gasteiger partial charge in [-0.1, -0.05) is 18.2 Å². The van der Waals surface area contributed by atoms with Gasteiger partial charge in [0.1, 0.15) is 5.82 Å². The average molecular weight is 292 g/mol. The summed E-state index contributed by atoms with van der Waals surface area (Å²) in [6.07, 6.45) is 0. The minimum Gasteiger partial charge on any atom is -0.398 e. The van der Waals surface area contributed by atoms with Gasteiger partial charge in [-0.15, -0.1) is 0 Å². The maximum Gasteiger partial charge on any atom is 0.248 e. The highest BCUT2D eigenvalue weighted by Crippen LogP contribution is 2.20. The van der Waals surface area contributed by atoms with E-state index in [1.54, 1.807) is 24.3 Å². The van der Waals surface area contributed by atoms with Gasteiger partial charge in [0.2, 0.25) is 5.91 Å². The van der Waals surface area contributed by atoms with Crippen LogP contribution in [0.15, 0.2) is 47.4 Å². The highest BCUT2D eigenvalue weighted by molar-refractivity contribution is 7.84. The molecule has 6 heteroatoms. The largest absolute Gasteiger partial charge is 0.398 e. The molecule has 4 N–H and O–H groups in total. The third-order valence-corrected chi connectivity index (χ3v) is 4.22. The van der Waals surface area contributed by atoms with Gasteiger partial charge >= 0.3 is 0 Å². The van der Waals surface area contributed by atoms with Crippen LogP contribution in [0, 0.1) is 5.82 Å². The van der Waals surface area contributed by atoms with E-state index in [4.69, 9.17) is 11.5 Å². The van der Waals surface area contributed by atoms with Crippen molar-refractivity contribution < 1.29 is 13.4 Å². The number of primary amides is 1. The van der Waals surface area contributed by atoms with Crippen LogP contribution in [-0.4, -0.2) is 10.1 Å². The molecule has 2 aromatic carbocycles. The molecule has 0 bridgehead atoms. The number of para-hydroxylation sites is 1. The van der Waals surface area contributed by atoms with Crippen LogP contribution in [0.3, 0.4) is 0 Å². The molecule has 104 valence electrons. The second kappa shape index (κ2) is 5.83. The second-order valence-electron chi connectivity index (χ2n) is 4.20. The summed E-state index contributed by atoms with van der Waals surface area (Å²) in [6, 6.07) is 10.6. The van der Waals surface area contributed by atoms with Crippen molar-refractivity contribution in [3.63, 3.8) is 0 Å². The number of carbonyl (C=O) groups is 1. The summed E-state index contributed by atoms with van der Waals surface area (Å²) in [6.45, 7) is 0. The molecule has 0 spiro atoms. The first kappa shape index (κ1) is 14.2. The lowest BCUT2D eigenvalue weighted by Crippen LogP contribution is -2.12. The van der Waals surface area contributed by atoms with Crippen molar-refractivity contribution >= 4 is 22.4 Å². The van der Waals surface area contributed by atoms with Gasteiger partial charge in [0.15, 0.2) is 0 Å². The summed E-state index contributed by atoms with van der Waals surface area (Å²) in [5.41, 5.74) is 11.5. The highest BCUT2D eigenvalue weighted by Gasteiger charge is 2.13. The smallest absolute Gasteiger partial charge is 0.248 e. The van der Waals surface area contributed by atoms with Gasteiger partial charge < -0.3 is 11.5 Å². The Hall–Kier alpha value is -2.21. The van der Waals surface area contributed by atoms with Gasteiger partial charge in [-0.05, 0) is 24.3 Å². The number of carbonyl (C=O) groups excluding carboxylic acids is 1. The maximum absolute atomic E-state index is 13.8. The molecule has 0 aliphatic carbocycles. The fourth-order valence-corrected chi connectivity index (χ4v) is 2.96. The Morgan fingerprint density at radius 2 is 1.90 bits per heavy atom. The van der Waals surface area contributed by atoms with Gasteiger partial charge in [0.05, 0.1) is 21.4 Å². The summed E-state index contributed by atoms with van der Waals surface area (Å²) in [7, 11) is -1.45. The summed E-state index contributed by atoms with van der Waals surface area (Å²) in [4.78, 5) is 11.4. The first-order valence-corrected chi connectivity index (χ1v) is 7.12. The van der Waals surface area contributed by atoms with E-state index in [-0.39, 0.29) is 16.9 Å². The first-order chi connectivity index (χ1) is 9.49. The third kappa shape index (κ3) is 3.03. The summed E-state index contributed by atoms with van der Waals surface area (Å²) in [5.74, 6) is -1.33. The second-order valence-corrected chi connectivity index (χ2v) is 5.62. The van der Waals surface area contributed by atoms with Crippen LogP contribution in [0.4, 0.5) is 10.1 Å². The van der Waals surface area contributed by atoms with Gasteiger partial charge in [-0.2, -0.15) is 0 Å². The van der Waals surface area contributed by atoms with Crippen LogP contribution in [0.25, 0.3) is 0 Å². The monoisotopic (exact) mass is 292 g/mol. The standard InChI is InChI=1S/C14H13FN2O2S/c15-11-7-9(14(17)18)5-6-10(11)8-20(19)13-4-2-1-3-12(13)16/h1-7H,8,16H2,(H2,17,18). The minimum atomic E-state index is -1.45. The van der Waals surface area contributed by atoms with Gasteiger partial charge in [0, 0.05) is 16.8 Å². The topological polar surface area (TPSA) is 86.2 Å². The van der Waals surface area contributed by atoms with Crippen LogP contribution < -0.4 is 11.5 Å². The Kier molecular flexibility index (Phi) is 4.14. The molecule has 20 heavy (non-hydrogen) atoms. The number of hydrogen-bond acceptors (Lipinski definition) is 3. The van der Waals surface area contributed by atoms with E-state index < -0.39 is 22.5 Å². The predicted molar refractivity (Wildman–Crippen MR) is 75.9 cm³/mol. The number of halogens is 1. The van der Waals surface area contributed by atoms with Crippen molar-refractivity contribution in [1.29, 1.82) is 0 Å². The molecule has 0 heterocycles. The Bertz CT molecular complexity index is 689. The van der Waals surface area contributed by atoms with Gasteiger partial charge in [-0.3, -0.25) is 9.00 Å². The van der Waals surface area contributed by atoms with E-state index in [0.717, 1.165) is 6.07 Å². The van der Waals surface area contributed by atoms with E-state index in [1.807, 2.05) is 0 Å². The van der Waals surface area contributed by atoms with E-state index in [0.29, 0.717) is 10.6 Å². The van der Waals surface area contributed by atoms with Crippen molar-refractivity contribution in [3.05, 3.63) is 59.4 Å².